The molecular weight excluding hydrogens is 468 g/mol. The largest absolute Gasteiger partial charge is 0.496 e. The van der Waals surface area contributed by atoms with Gasteiger partial charge in [0.2, 0.25) is 0 Å². The molecule has 36 heavy (non-hydrogen) atoms. The number of anilines is 2. The lowest BCUT2D eigenvalue weighted by molar-refractivity contribution is -0.384. The standard InChI is InChI=1S/C24H26N6O6/c1-26(2)20-15-22(36-3)17(14-21(20)30(34)35)24(31)28-11-5-10-27(12-13-28)19-8-7-18(29(32)33)16-6-4-9-25-23(16)19/h4,6-9,14-15H,5,10-13H2,1-3H3. The fraction of sp³-hybridized carbons (Fsp3) is 0.333. The lowest BCUT2D eigenvalue weighted by Crippen LogP contribution is -2.35. The average Bonchev–Trinajstić information content (AvgIpc) is 3.12. The van der Waals surface area contributed by atoms with Gasteiger partial charge in [0.05, 0.1) is 33.6 Å². The van der Waals surface area contributed by atoms with Crippen molar-refractivity contribution in [1.29, 1.82) is 0 Å². The van der Waals surface area contributed by atoms with Crippen molar-refractivity contribution in [3.05, 3.63) is 68.4 Å². The molecule has 1 fully saturated rings. The van der Waals surface area contributed by atoms with Crippen LogP contribution >= 0.6 is 0 Å². The van der Waals surface area contributed by atoms with Crippen LogP contribution in [0.3, 0.4) is 0 Å². The highest BCUT2D eigenvalue weighted by Crippen LogP contribution is 2.36. The summed E-state index contributed by atoms with van der Waals surface area (Å²) in [5.74, 6) is -0.0882. The normalized spacial score (nSPS) is 13.9. The number of carbonyl (C=O) groups is 1. The first-order valence-corrected chi connectivity index (χ1v) is 11.3. The maximum Gasteiger partial charge on any atom is 0.293 e. The van der Waals surface area contributed by atoms with E-state index in [2.05, 4.69) is 9.88 Å². The fourth-order valence-electron chi connectivity index (χ4n) is 4.49. The molecule has 2 heterocycles. The van der Waals surface area contributed by atoms with Crippen LogP contribution in [0.1, 0.15) is 16.8 Å². The second kappa shape index (κ2) is 10.0. The molecule has 4 rings (SSSR count). The van der Waals surface area contributed by atoms with E-state index in [0.717, 1.165) is 5.69 Å². The predicted molar refractivity (Wildman–Crippen MR) is 135 cm³/mol. The summed E-state index contributed by atoms with van der Waals surface area (Å²) in [4.78, 5) is 45.3. The SMILES string of the molecule is COc1cc(N(C)C)c([N+](=O)[O-])cc1C(=O)N1CCCN(c2ccc([N+](=O)[O-])c3cccnc23)CC1. The van der Waals surface area contributed by atoms with Gasteiger partial charge in [0.15, 0.2) is 0 Å². The van der Waals surface area contributed by atoms with E-state index in [1.54, 1.807) is 48.3 Å². The molecule has 0 bridgehead atoms. The lowest BCUT2D eigenvalue weighted by atomic mass is 10.1. The molecule has 0 N–H and O–H groups in total. The molecule has 1 amide bonds. The molecule has 2 aromatic carbocycles. The second-order valence-corrected chi connectivity index (χ2v) is 8.59. The number of non-ortho nitro benzene ring substituents is 1. The lowest BCUT2D eigenvalue weighted by Gasteiger charge is -2.25. The van der Waals surface area contributed by atoms with Gasteiger partial charge in [-0.1, -0.05) is 0 Å². The molecule has 1 aliphatic heterocycles. The van der Waals surface area contributed by atoms with Gasteiger partial charge in [0.25, 0.3) is 17.3 Å². The first-order valence-electron chi connectivity index (χ1n) is 11.3. The Morgan fingerprint density at radius 2 is 1.78 bits per heavy atom. The molecular formula is C24H26N6O6. The zero-order chi connectivity index (χ0) is 26.0. The van der Waals surface area contributed by atoms with E-state index in [1.807, 2.05) is 0 Å². The summed E-state index contributed by atoms with van der Waals surface area (Å²) >= 11 is 0. The van der Waals surface area contributed by atoms with Crippen LogP contribution in [0.2, 0.25) is 0 Å². The first-order chi connectivity index (χ1) is 17.2. The number of aromatic nitrogens is 1. The van der Waals surface area contributed by atoms with Gasteiger partial charge in [0, 0.05) is 64.7 Å². The quantitative estimate of drug-likeness (QED) is 0.373. The maximum atomic E-state index is 13.5. The Labute approximate surface area is 207 Å². The number of hydrogen-bond donors (Lipinski definition) is 0. The molecule has 0 saturated carbocycles. The van der Waals surface area contributed by atoms with E-state index in [4.69, 9.17) is 4.74 Å². The van der Waals surface area contributed by atoms with Crippen LogP contribution in [0.15, 0.2) is 42.6 Å². The van der Waals surface area contributed by atoms with Crippen LogP contribution in [0.25, 0.3) is 10.9 Å². The summed E-state index contributed by atoms with van der Waals surface area (Å²) in [5, 5.41) is 23.6. The summed E-state index contributed by atoms with van der Waals surface area (Å²) in [7, 11) is 4.79. The Morgan fingerprint density at radius 3 is 2.44 bits per heavy atom. The maximum absolute atomic E-state index is 13.5. The molecule has 188 valence electrons. The monoisotopic (exact) mass is 494 g/mol. The van der Waals surface area contributed by atoms with Gasteiger partial charge in [-0.2, -0.15) is 0 Å². The smallest absolute Gasteiger partial charge is 0.293 e. The van der Waals surface area contributed by atoms with Gasteiger partial charge in [-0.15, -0.1) is 0 Å². The van der Waals surface area contributed by atoms with Crippen molar-refractivity contribution in [2.45, 2.75) is 6.42 Å². The Kier molecular flexibility index (Phi) is 6.86. The summed E-state index contributed by atoms with van der Waals surface area (Å²) in [6.07, 6.45) is 2.23. The molecule has 1 aliphatic rings. The third kappa shape index (κ3) is 4.57. The number of nitro groups is 2. The van der Waals surface area contributed by atoms with E-state index in [-0.39, 0.29) is 28.6 Å². The van der Waals surface area contributed by atoms with Gasteiger partial charge >= 0.3 is 0 Å². The molecule has 12 heteroatoms. The van der Waals surface area contributed by atoms with Crippen LogP contribution in [-0.2, 0) is 0 Å². The van der Waals surface area contributed by atoms with Gasteiger partial charge in [-0.25, -0.2) is 0 Å². The van der Waals surface area contributed by atoms with E-state index in [0.29, 0.717) is 49.2 Å². The molecule has 0 spiro atoms. The Morgan fingerprint density at radius 1 is 1.03 bits per heavy atom. The minimum Gasteiger partial charge on any atom is -0.496 e. The van der Waals surface area contributed by atoms with Gasteiger partial charge in [0.1, 0.15) is 17.0 Å². The van der Waals surface area contributed by atoms with Crippen LogP contribution < -0.4 is 14.5 Å². The minimum atomic E-state index is -0.511. The number of amides is 1. The van der Waals surface area contributed by atoms with Crippen LogP contribution in [-0.4, -0.2) is 73.0 Å². The van der Waals surface area contributed by atoms with Crippen molar-refractivity contribution in [1.82, 2.24) is 9.88 Å². The predicted octanol–water partition coefficient (Wildman–Crippen LogP) is 3.48. The van der Waals surface area contributed by atoms with Crippen LogP contribution in [0.4, 0.5) is 22.7 Å². The van der Waals surface area contributed by atoms with E-state index < -0.39 is 9.85 Å². The highest BCUT2D eigenvalue weighted by atomic mass is 16.6. The molecule has 3 aromatic rings. The number of pyridine rings is 1. The summed E-state index contributed by atoms with van der Waals surface area (Å²) in [6.45, 7) is 1.89. The molecule has 0 aliphatic carbocycles. The topological polar surface area (TPSA) is 135 Å². The number of methoxy groups -OCH3 is 1. The number of rotatable bonds is 6. The average molecular weight is 495 g/mol. The number of nitrogens with zero attached hydrogens (tertiary/aromatic N) is 6. The van der Waals surface area contributed by atoms with Crippen molar-refractivity contribution in [3.63, 3.8) is 0 Å². The number of benzene rings is 2. The Balaban J connectivity index is 1.62. The molecule has 1 saturated heterocycles. The van der Waals surface area contributed by atoms with Crippen molar-refractivity contribution >= 4 is 39.6 Å². The Bertz CT molecular complexity index is 1340. The highest BCUT2D eigenvalue weighted by molar-refractivity contribution is 5.99. The van der Waals surface area contributed by atoms with Crippen molar-refractivity contribution in [2.75, 3.05) is 57.2 Å². The van der Waals surface area contributed by atoms with E-state index in [1.165, 1.54) is 25.3 Å². The molecule has 12 nitrogen and oxygen atoms in total. The van der Waals surface area contributed by atoms with Crippen molar-refractivity contribution < 1.29 is 19.4 Å². The fourth-order valence-corrected chi connectivity index (χ4v) is 4.49. The van der Waals surface area contributed by atoms with Gasteiger partial charge in [-0.05, 0) is 24.6 Å². The summed E-state index contributed by atoms with van der Waals surface area (Å²) in [5.41, 5.74) is 1.57. The zero-order valence-corrected chi connectivity index (χ0v) is 20.2. The number of fused-ring (bicyclic) bond motifs is 1. The Hall–Kier alpha value is -4.48. The molecule has 0 radical (unpaired) electrons. The van der Waals surface area contributed by atoms with Crippen molar-refractivity contribution in [3.8, 4) is 5.75 Å². The second-order valence-electron chi connectivity index (χ2n) is 8.59. The number of nitro benzene ring substituents is 2. The summed E-state index contributed by atoms with van der Waals surface area (Å²) < 4.78 is 5.41. The zero-order valence-electron chi connectivity index (χ0n) is 20.2. The van der Waals surface area contributed by atoms with Crippen LogP contribution in [0.5, 0.6) is 5.75 Å². The number of hydrogen-bond acceptors (Lipinski definition) is 9. The third-order valence-corrected chi connectivity index (χ3v) is 6.25. The van der Waals surface area contributed by atoms with Crippen molar-refractivity contribution in [2.24, 2.45) is 0 Å². The molecule has 0 unspecified atom stereocenters. The number of carbonyl (C=O) groups excluding carboxylic acids is 1. The summed E-state index contributed by atoms with van der Waals surface area (Å²) in [6, 6.07) is 9.28. The van der Waals surface area contributed by atoms with E-state index in [9.17, 15) is 25.0 Å². The van der Waals surface area contributed by atoms with Gasteiger partial charge < -0.3 is 19.4 Å². The first kappa shape index (κ1) is 24.6. The number of ether oxygens (including phenoxy) is 1. The minimum absolute atomic E-state index is 0.0108. The highest BCUT2D eigenvalue weighted by Gasteiger charge is 2.28. The third-order valence-electron chi connectivity index (χ3n) is 6.25. The van der Waals surface area contributed by atoms with Crippen LogP contribution in [0, 0.1) is 20.2 Å². The molecule has 0 atom stereocenters. The molecule has 1 aromatic heterocycles. The van der Waals surface area contributed by atoms with Gasteiger partial charge in [-0.3, -0.25) is 30.0 Å². The van der Waals surface area contributed by atoms with E-state index >= 15 is 0 Å².